The van der Waals surface area contributed by atoms with E-state index in [-0.39, 0.29) is 29.6 Å². The minimum atomic E-state index is -0.314. The van der Waals surface area contributed by atoms with Crippen molar-refractivity contribution in [3.05, 3.63) is 64.5 Å². The number of rotatable bonds is 4. The summed E-state index contributed by atoms with van der Waals surface area (Å²) in [7, 11) is 1.54. The summed E-state index contributed by atoms with van der Waals surface area (Å²) in [5.41, 5.74) is 2.39. The van der Waals surface area contributed by atoms with E-state index in [9.17, 15) is 14.0 Å². The Morgan fingerprint density at radius 1 is 1.03 bits per heavy atom. The van der Waals surface area contributed by atoms with Crippen LogP contribution in [0.2, 0.25) is 0 Å². The molecule has 2 heterocycles. The summed E-state index contributed by atoms with van der Waals surface area (Å²) in [4.78, 5) is 25.3. The average Bonchev–Trinajstić information content (AvgIpc) is 3.09. The molecule has 29 heavy (non-hydrogen) atoms. The van der Waals surface area contributed by atoms with Gasteiger partial charge in [0.1, 0.15) is 11.6 Å². The molecule has 0 bridgehead atoms. The number of hydrogen-bond acceptors (Lipinski definition) is 4. The lowest BCUT2D eigenvalue weighted by atomic mass is 9.90. The maximum Gasteiger partial charge on any atom is 0.254 e. The predicted octanol–water partition coefficient (Wildman–Crippen LogP) is 2.08. The average molecular weight is 396 g/mol. The van der Waals surface area contributed by atoms with Gasteiger partial charge in [0, 0.05) is 42.0 Å². The van der Waals surface area contributed by atoms with E-state index >= 15 is 0 Å². The van der Waals surface area contributed by atoms with Gasteiger partial charge in [-0.05, 0) is 29.8 Å². The fourth-order valence-electron chi connectivity index (χ4n) is 4.42. The monoisotopic (exact) mass is 396 g/mol. The number of benzene rings is 2. The van der Waals surface area contributed by atoms with Crippen molar-refractivity contribution >= 4 is 11.8 Å². The van der Waals surface area contributed by atoms with Crippen LogP contribution in [-0.4, -0.2) is 44.7 Å². The topological polar surface area (TPSA) is 76.7 Å². The lowest BCUT2D eigenvalue weighted by Crippen LogP contribution is -2.30. The van der Waals surface area contributed by atoms with Gasteiger partial charge in [-0.2, -0.15) is 0 Å². The van der Waals surface area contributed by atoms with Crippen molar-refractivity contribution in [2.24, 2.45) is 11.8 Å². The van der Waals surface area contributed by atoms with Gasteiger partial charge < -0.3 is 20.1 Å². The second-order valence-corrected chi connectivity index (χ2v) is 7.80. The number of fused-ring (bicyclic) bond motifs is 2. The molecule has 2 N–H and O–H groups in total. The fourth-order valence-corrected chi connectivity index (χ4v) is 4.42. The van der Waals surface area contributed by atoms with Crippen molar-refractivity contribution in [1.82, 2.24) is 10.6 Å². The number of carbonyl (C=O) groups excluding carboxylic acids is 2. The molecule has 5 rings (SSSR count). The maximum absolute atomic E-state index is 13.3. The molecule has 3 aliphatic rings. The smallest absolute Gasteiger partial charge is 0.254 e. The van der Waals surface area contributed by atoms with E-state index in [1.807, 2.05) is 0 Å². The van der Waals surface area contributed by atoms with Gasteiger partial charge in [-0.3, -0.25) is 9.59 Å². The first-order valence-electron chi connectivity index (χ1n) is 9.73. The molecular weight excluding hydrogens is 375 g/mol. The molecule has 2 aromatic rings. The Hall–Kier alpha value is -2.93. The number of carbonyl (C=O) groups is 2. The van der Waals surface area contributed by atoms with Crippen molar-refractivity contribution in [2.75, 3.05) is 26.9 Å². The van der Waals surface area contributed by atoms with Gasteiger partial charge in [0.05, 0.1) is 25.4 Å². The first-order chi connectivity index (χ1) is 14.1. The highest BCUT2D eigenvalue weighted by Crippen LogP contribution is 2.45. The summed E-state index contributed by atoms with van der Waals surface area (Å²) in [6, 6.07) is 9.71. The molecule has 2 amide bonds. The van der Waals surface area contributed by atoms with Crippen LogP contribution in [0.5, 0.6) is 5.75 Å². The molecule has 1 saturated heterocycles. The Morgan fingerprint density at radius 2 is 1.76 bits per heavy atom. The molecule has 4 atom stereocenters. The molecule has 2 aliphatic heterocycles. The maximum atomic E-state index is 13.3. The molecule has 1 saturated carbocycles. The quantitative estimate of drug-likeness (QED) is 0.830. The van der Waals surface area contributed by atoms with E-state index < -0.39 is 0 Å². The van der Waals surface area contributed by atoms with E-state index in [0.29, 0.717) is 48.5 Å². The zero-order chi connectivity index (χ0) is 20.1. The summed E-state index contributed by atoms with van der Waals surface area (Å²) in [6.07, 6.45) is 0. The van der Waals surface area contributed by atoms with Crippen molar-refractivity contribution in [1.29, 1.82) is 0 Å². The Morgan fingerprint density at radius 3 is 2.45 bits per heavy atom. The van der Waals surface area contributed by atoms with Crippen molar-refractivity contribution in [2.45, 2.75) is 12.0 Å². The number of nitrogens with one attached hydrogen (secondary N) is 2. The summed E-state index contributed by atoms with van der Waals surface area (Å²) < 4.78 is 24.5. The number of hydrogen-bond donors (Lipinski definition) is 2. The molecule has 2 fully saturated rings. The van der Waals surface area contributed by atoms with Crippen molar-refractivity contribution < 1.29 is 23.5 Å². The molecular formula is C22H21FN2O4. The normalized spacial score (nSPS) is 26.3. The molecule has 2 aromatic carbocycles. The number of ether oxygens (including phenoxy) is 2. The summed E-state index contributed by atoms with van der Waals surface area (Å²) in [5, 5.41) is 5.68. The summed E-state index contributed by atoms with van der Waals surface area (Å²) in [5.74, 6) is 0.257. The Kier molecular flexibility index (Phi) is 4.28. The van der Waals surface area contributed by atoms with Crippen LogP contribution >= 0.6 is 0 Å². The van der Waals surface area contributed by atoms with Crippen molar-refractivity contribution in [3.63, 3.8) is 0 Å². The van der Waals surface area contributed by atoms with Gasteiger partial charge in [0.15, 0.2) is 0 Å². The molecule has 150 valence electrons. The van der Waals surface area contributed by atoms with Crippen LogP contribution in [0.25, 0.3) is 0 Å². The van der Waals surface area contributed by atoms with Crippen LogP contribution in [-0.2, 0) is 4.74 Å². The molecule has 1 aliphatic carbocycles. The second-order valence-electron chi connectivity index (χ2n) is 7.80. The fraction of sp³-hybridized carbons (Fsp3) is 0.364. The second kappa shape index (κ2) is 6.84. The minimum absolute atomic E-state index is 0.136. The van der Waals surface area contributed by atoms with E-state index in [0.717, 1.165) is 11.1 Å². The van der Waals surface area contributed by atoms with E-state index in [2.05, 4.69) is 10.6 Å². The van der Waals surface area contributed by atoms with Crippen LogP contribution in [0.1, 0.15) is 37.8 Å². The van der Waals surface area contributed by atoms with Crippen LogP contribution < -0.4 is 15.4 Å². The van der Waals surface area contributed by atoms with E-state index in [4.69, 9.17) is 9.47 Å². The third-order valence-corrected chi connectivity index (χ3v) is 6.14. The van der Waals surface area contributed by atoms with Crippen LogP contribution in [0.3, 0.4) is 0 Å². The largest absolute Gasteiger partial charge is 0.491 e. The highest BCUT2D eigenvalue weighted by atomic mass is 19.1. The lowest BCUT2D eigenvalue weighted by molar-refractivity contribution is 0.0929. The van der Waals surface area contributed by atoms with E-state index in [1.54, 1.807) is 31.3 Å². The Labute approximate surface area is 167 Å². The van der Waals surface area contributed by atoms with Crippen LogP contribution in [0, 0.1) is 17.7 Å². The van der Waals surface area contributed by atoms with Crippen LogP contribution in [0.4, 0.5) is 4.39 Å². The third kappa shape index (κ3) is 3.06. The molecule has 6 nitrogen and oxygen atoms in total. The Balaban J connectivity index is 1.49. The summed E-state index contributed by atoms with van der Waals surface area (Å²) in [6.45, 7) is 1.70. The van der Waals surface area contributed by atoms with Gasteiger partial charge >= 0.3 is 0 Å². The standard InChI is InChI=1S/C22H21FN2O4/c1-24-22(27)15-7-12(21(26)25-19-17-8-28-9-18(17)19)6-14-16(10-29-20(14)15)11-2-4-13(23)5-3-11/h2-7,16-19H,8-10H2,1H3,(H,24,27)(H,25,26)/t16?,17-,18+,19?. The van der Waals surface area contributed by atoms with Gasteiger partial charge in [-0.1, -0.05) is 12.1 Å². The van der Waals surface area contributed by atoms with Crippen molar-refractivity contribution in [3.8, 4) is 5.75 Å². The number of halogens is 1. The van der Waals surface area contributed by atoms with Crippen LogP contribution in [0.15, 0.2) is 36.4 Å². The molecule has 0 radical (unpaired) electrons. The van der Waals surface area contributed by atoms with Gasteiger partial charge in [0.25, 0.3) is 11.8 Å². The zero-order valence-electron chi connectivity index (χ0n) is 15.9. The first kappa shape index (κ1) is 18.1. The zero-order valence-corrected chi connectivity index (χ0v) is 15.9. The van der Waals surface area contributed by atoms with E-state index in [1.165, 1.54) is 12.1 Å². The summed E-state index contributed by atoms with van der Waals surface area (Å²) >= 11 is 0. The number of amides is 2. The third-order valence-electron chi connectivity index (χ3n) is 6.14. The molecule has 0 aromatic heterocycles. The molecule has 0 spiro atoms. The van der Waals surface area contributed by atoms with Gasteiger partial charge in [0.2, 0.25) is 0 Å². The Bertz CT molecular complexity index is 981. The lowest BCUT2D eigenvalue weighted by Gasteiger charge is -2.14. The molecule has 2 unspecified atom stereocenters. The molecule has 7 heteroatoms. The SMILES string of the molecule is CNC(=O)c1cc(C(=O)NC2[C@H]3COC[C@@H]23)cc2c1OCC2c1ccc(F)cc1. The highest BCUT2D eigenvalue weighted by molar-refractivity contribution is 6.02. The van der Waals surface area contributed by atoms with Gasteiger partial charge in [-0.25, -0.2) is 4.39 Å². The minimum Gasteiger partial charge on any atom is -0.491 e. The highest BCUT2D eigenvalue weighted by Gasteiger charge is 2.54. The first-order valence-corrected chi connectivity index (χ1v) is 9.73. The predicted molar refractivity (Wildman–Crippen MR) is 103 cm³/mol. The van der Waals surface area contributed by atoms with Gasteiger partial charge in [-0.15, -0.1) is 0 Å².